The van der Waals surface area contributed by atoms with Gasteiger partial charge in [-0.3, -0.25) is 9.10 Å². The van der Waals surface area contributed by atoms with Crippen LogP contribution in [0, 0.1) is 23.6 Å². The van der Waals surface area contributed by atoms with Gasteiger partial charge in [0, 0.05) is 11.6 Å². The van der Waals surface area contributed by atoms with Gasteiger partial charge in [-0.2, -0.15) is 0 Å². The highest BCUT2D eigenvalue weighted by molar-refractivity contribution is 7.93. The number of halogens is 2. The number of fused-ring (bicyclic) bond motifs is 2. The lowest BCUT2D eigenvalue weighted by molar-refractivity contribution is 0.0915. The third-order valence-corrected chi connectivity index (χ3v) is 9.24. The second-order valence-corrected chi connectivity index (χ2v) is 11.3. The molecule has 2 aliphatic carbocycles. The highest BCUT2D eigenvalue weighted by Gasteiger charge is 2.42. The molecule has 8 heteroatoms. The lowest BCUT2D eigenvalue weighted by atomic mass is 9.84. The number of rotatable bonds is 8. The summed E-state index contributed by atoms with van der Waals surface area (Å²) in [7, 11) is -4.14. The molecule has 0 radical (unpaired) electrons. The van der Waals surface area contributed by atoms with Crippen LogP contribution in [0.3, 0.4) is 0 Å². The van der Waals surface area contributed by atoms with Crippen molar-refractivity contribution in [2.45, 2.75) is 43.5 Å². The van der Waals surface area contributed by atoms with Crippen LogP contribution in [0.4, 0.5) is 10.1 Å². The van der Waals surface area contributed by atoms with E-state index in [-0.39, 0.29) is 39.7 Å². The van der Waals surface area contributed by atoms with Gasteiger partial charge in [-0.1, -0.05) is 24.1 Å². The average Bonchev–Trinajstić information content (AvgIpc) is 3.42. The van der Waals surface area contributed by atoms with Gasteiger partial charge in [-0.25, -0.2) is 12.8 Å². The van der Waals surface area contributed by atoms with E-state index in [1.165, 1.54) is 67.8 Å². The molecule has 2 saturated carbocycles. The van der Waals surface area contributed by atoms with E-state index in [0.717, 1.165) is 16.6 Å². The van der Waals surface area contributed by atoms with Gasteiger partial charge in [0.2, 0.25) is 0 Å². The van der Waals surface area contributed by atoms with Gasteiger partial charge in [0.05, 0.1) is 17.3 Å². The molecule has 2 fully saturated rings. The van der Waals surface area contributed by atoms with E-state index < -0.39 is 15.8 Å². The molecule has 4 atom stereocenters. The fourth-order valence-corrected chi connectivity index (χ4v) is 7.27. The summed E-state index contributed by atoms with van der Waals surface area (Å²) in [5.41, 5.74) is 0.498. The minimum absolute atomic E-state index is 0.00359. The Morgan fingerprint density at radius 3 is 2.58 bits per heavy atom. The second kappa shape index (κ2) is 9.47. The van der Waals surface area contributed by atoms with E-state index in [2.05, 4.69) is 11.9 Å². The molecular formula is C25H28ClFN2O3S. The number of carbonyl (C=O) groups is 1. The average molecular weight is 491 g/mol. The van der Waals surface area contributed by atoms with E-state index in [1.54, 1.807) is 0 Å². The second-order valence-electron chi connectivity index (χ2n) is 9.05. The standard InChI is InChI=1S/C25H28ClFN2O3S/c1-3-12-29(21-9-7-20(27)8-10-21)33(31,32)24-15-19(6-11-23(24)26)25(30)28-16(2)22-14-17-4-5-18(22)13-17/h3,6-11,15-18,22H,1,4-5,12-14H2,2H3,(H,28,30)/t16-,17-,18-,22+/m1/s1. The molecule has 0 heterocycles. The van der Waals surface area contributed by atoms with E-state index in [0.29, 0.717) is 11.8 Å². The van der Waals surface area contributed by atoms with Crippen molar-refractivity contribution >= 4 is 33.2 Å². The number of benzene rings is 2. The van der Waals surface area contributed by atoms with Gasteiger partial charge in [-0.05, 0) is 86.4 Å². The van der Waals surface area contributed by atoms with Crippen molar-refractivity contribution in [1.82, 2.24) is 5.32 Å². The molecule has 1 amide bonds. The van der Waals surface area contributed by atoms with Gasteiger partial charge in [0.1, 0.15) is 10.7 Å². The molecule has 0 aliphatic heterocycles. The van der Waals surface area contributed by atoms with Crippen LogP contribution in [0.15, 0.2) is 60.0 Å². The molecular weight excluding hydrogens is 463 g/mol. The van der Waals surface area contributed by atoms with Crippen LogP contribution in [-0.4, -0.2) is 26.9 Å². The highest BCUT2D eigenvalue weighted by atomic mass is 35.5. The number of sulfonamides is 1. The largest absolute Gasteiger partial charge is 0.349 e. The maximum atomic E-state index is 13.5. The number of amides is 1. The van der Waals surface area contributed by atoms with E-state index in [4.69, 9.17) is 11.6 Å². The Morgan fingerprint density at radius 1 is 1.24 bits per heavy atom. The van der Waals surface area contributed by atoms with E-state index in [9.17, 15) is 17.6 Å². The summed E-state index contributed by atoms with van der Waals surface area (Å²) in [4.78, 5) is 12.8. The predicted molar refractivity (Wildman–Crippen MR) is 128 cm³/mol. The van der Waals surface area contributed by atoms with Gasteiger partial charge in [0.25, 0.3) is 15.9 Å². The first-order chi connectivity index (χ1) is 15.7. The number of hydrogen-bond acceptors (Lipinski definition) is 3. The van der Waals surface area contributed by atoms with Crippen molar-refractivity contribution in [3.8, 4) is 0 Å². The Morgan fingerprint density at radius 2 is 1.97 bits per heavy atom. The molecule has 4 rings (SSSR count). The zero-order valence-corrected chi connectivity index (χ0v) is 20.1. The van der Waals surface area contributed by atoms with Crippen LogP contribution in [0.25, 0.3) is 0 Å². The summed E-state index contributed by atoms with van der Waals surface area (Å²) in [5, 5.41) is 3.07. The van der Waals surface area contributed by atoms with Gasteiger partial charge in [-0.15, -0.1) is 6.58 Å². The maximum absolute atomic E-state index is 13.5. The van der Waals surface area contributed by atoms with E-state index >= 15 is 0 Å². The van der Waals surface area contributed by atoms with Gasteiger partial charge < -0.3 is 5.32 Å². The minimum Gasteiger partial charge on any atom is -0.349 e. The SMILES string of the molecule is C=CCN(c1ccc(F)cc1)S(=O)(=O)c1cc(C(=O)N[C@H](C)[C@@H]2C[C@@H]3CC[C@@H]2C3)ccc1Cl. The Balaban J connectivity index is 1.59. The number of nitrogens with zero attached hydrogens (tertiary/aromatic N) is 1. The molecule has 2 aromatic rings. The van der Waals surface area contributed by atoms with Crippen LogP contribution in [-0.2, 0) is 10.0 Å². The summed E-state index contributed by atoms with van der Waals surface area (Å²) in [5.74, 6) is 1.10. The summed E-state index contributed by atoms with van der Waals surface area (Å²) in [6.45, 7) is 5.61. The monoisotopic (exact) mass is 490 g/mol. The van der Waals surface area contributed by atoms with Gasteiger partial charge >= 0.3 is 0 Å². The molecule has 33 heavy (non-hydrogen) atoms. The van der Waals surface area contributed by atoms with Crippen molar-refractivity contribution in [2.75, 3.05) is 10.8 Å². The lowest BCUT2D eigenvalue weighted by Gasteiger charge is -2.28. The zero-order valence-electron chi connectivity index (χ0n) is 18.5. The first-order valence-corrected chi connectivity index (χ1v) is 13.0. The van der Waals surface area contributed by atoms with Crippen LogP contribution in [0.2, 0.25) is 5.02 Å². The molecule has 0 saturated heterocycles. The Kier molecular flexibility index (Phi) is 6.82. The van der Waals surface area contributed by atoms with Crippen molar-refractivity contribution in [3.63, 3.8) is 0 Å². The first-order valence-electron chi connectivity index (χ1n) is 11.2. The third kappa shape index (κ3) is 4.80. The molecule has 2 aliphatic rings. The van der Waals surface area contributed by atoms with Crippen molar-refractivity contribution in [3.05, 3.63) is 71.5 Å². The summed E-state index contributed by atoms with van der Waals surface area (Å²) < 4.78 is 41.4. The maximum Gasteiger partial charge on any atom is 0.266 e. The number of anilines is 1. The smallest absolute Gasteiger partial charge is 0.266 e. The lowest BCUT2D eigenvalue weighted by Crippen LogP contribution is -2.40. The fraction of sp³-hybridized carbons (Fsp3) is 0.400. The highest BCUT2D eigenvalue weighted by Crippen LogP contribution is 2.49. The van der Waals surface area contributed by atoms with Crippen molar-refractivity contribution < 1.29 is 17.6 Å². The first kappa shape index (κ1) is 23.8. The third-order valence-electron chi connectivity index (χ3n) is 6.96. The Labute approximate surface area is 199 Å². The van der Waals surface area contributed by atoms with Crippen LogP contribution in [0.1, 0.15) is 43.0 Å². The molecule has 2 bridgehead atoms. The normalized spacial score (nSPS) is 22.7. The van der Waals surface area contributed by atoms with E-state index in [1.807, 2.05) is 6.92 Å². The predicted octanol–water partition coefficient (Wildman–Crippen LogP) is 5.41. The Bertz CT molecular complexity index is 1150. The summed E-state index contributed by atoms with van der Waals surface area (Å²) in [6.07, 6.45) is 6.33. The summed E-state index contributed by atoms with van der Waals surface area (Å²) >= 11 is 6.27. The molecule has 1 N–H and O–H groups in total. The van der Waals surface area contributed by atoms with Crippen LogP contribution in [0.5, 0.6) is 0 Å². The molecule has 2 aromatic carbocycles. The molecule has 0 unspecified atom stereocenters. The van der Waals surface area contributed by atoms with Crippen molar-refractivity contribution in [2.24, 2.45) is 17.8 Å². The topological polar surface area (TPSA) is 66.5 Å². The minimum atomic E-state index is -4.14. The number of nitrogens with one attached hydrogen (secondary N) is 1. The van der Waals surface area contributed by atoms with Crippen molar-refractivity contribution in [1.29, 1.82) is 0 Å². The molecule has 0 spiro atoms. The molecule has 5 nitrogen and oxygen atoms in total. The molecule has 176 valence electrons. The summed E-state index contributed by atoms with van der Waals surface area (Å²) in [6, 6.07) is 9.38. The van der Waals surface area contributed by atoms with Crippen LogP contribution < -0.4 is 9.62 Å². The van der Waals surface area contributed by atoms with Crippen LogP contribution >= 0.6 is 11.6 Å². The Hall–Kier alpha value is -2.38. The van der Waals surface area contributed by atoms with Gasteiger partial charge in [0.15, 0.2) is 0 Å². The zero-order chi connectivity index (χ0) is 23.8. The quantitative estimate of drug-likeness (QED) is 0.503. The fourth-order valence-electron chi connectivity index (χ4n) is 5.33. The number of hydrogen-bond donors (Lipinski definition) is 1. The number of carbonyl (C=O) groups excluding carboxylic acids is 1. The molecule has 0 aromatic heterocycles.